The number of hydroxylamine groups is 1. The van der Waals surface area contributed by atoms with Crippen LogP contribution in [0.3, 0.4) is 0 Å². The van der Waals surface area contributed by atoms with Crippen molar-refractivity contribution in [2.45, 2.75) is 13.2 Å². The van der Waals surface area contributed by atoms with Gasteiger partial charge in [-0.15, -0.1) is 0 Å². The normalized spacial score (nSPS) is 10.7. The first kappa shape index (κ1) is 12.2. The number of nitrogens with one attached hydrogen (secondary N) is 1. The number of rotatable bonds is 5. The summed E-state index contributed by atoms with van der Waals surface area (Å²) in [6.07, 6.45) is 0. The summed E-state index contributed by atoms with van der Waals surface area (Å²) in [5.41, 5.74) is 3.03. The highest BCUT2D eigenvalue weighted by Gasteiger charge is 2.09. The van der Waals surface area contributed by atoms with E-state index < -0.39 is 6.61 Å². The van der Waals surface area contributed by atoms with Gasteiger partial charge in [-0.2, -0.15) is 14.3 Å². The van der Waals surface area contributed by atoms with Crippen molar-refractivity contribution in [1.29, 1.82) is 0 Å². The molecule has 1 N–H and O–H groups in total. The lowest BCUT2D eigenvalue weighted by Gasteiger charge is -2.10. The second-order valence-corrected chi connectivity index (χ2v) is 3.09. The van der Waals surface area contributed by atoms with Crippen LogP contribution in [-0.2, 0) is 11.4 Å². The number of hydrogen-bond acceptors (Lipinski definition) is 3. The lowest BCUT2D eigenvalue weighted by atomic mass is 10.2. The summed E-state index contributed by atoms with van der Waals surface area (Å²) < 4.78 is 28.3. The zero-order valence-corrected chi connectivity index (χ0v) is 8.72. The molecule has 0 aromatic heterocycles. The third-order valence-corrected chi connectivity index (χ3v) is 1.88. The second kappa shape index (κ2) is 5.85. The topological polar surface area (TPSA) is 30.5 Å². The number of benzene rings is 1. The van der Waals surface area contributed by atoms with Crippen LogP contribution in [0.4, 0.5) is 8.78 Å². The first-order chi connectivity index (χ1) is 7.13. The highest BCUT2D eigenvalue weighted by Crippen LogP contribution is 2.24. The minimum atomic E-state index is -2.85. The molecule has 0 saturated heterocycles. The monoisotopic (exact) mass is 237 g/mol. The highest BCUT2D eigenvalue weighted by molar-refractivity contribution is 6.30. The van der Waals surface area contributed by atoms with Crippen molar-refractivity contribution < 1.29 is 18.4 Å². The largest absolute Gasteiger partial charge is 0.434 e. The van der Waals surface area contributed by atoms with Gasteiger partial charge < -0.3 is 9.57 Å². The van der Waals surface area contributed by atoms with Crippen molar-refractivity contribution in [2.24, 2.45) is 0 Å². The van der Waals surface area contributed by atoms with Crippen molar-refractivity contribution in [3.05, 3.63) is 28.8 Å². The number of ether oxygens (including phenoxy) is 1. The van der Waals surface area contributed by atoms with Crippen molar-refractivity contribution >= 4 is 11.6 Å². The van der Waals surface area contributed by atoms with Crippen molar-refractivity contribution in [2.75, 3.05) is 7.11 Å². The van der Waals surface area contributed by atoms with Gasteiger partial charge in [-0.3, -0.25) is 0 Å². The Balaban J connectivity index is 2.82. The molecule has 0 fully saturated rings. The van der Waals surface area contributed by atoms with Gasteiger partial charge >= 0.3 is 6.61 Å². The molecular formula is C9H10ClF2NO2. The molecule has 0 saturated carbocycles. The van der Waals surface area contributed by atoms with E-state index in [0.29, 0.717) is 10.6 Å². The predicted octanol–water partition coefficient (Wildman–Crippen LogP) is 2.59. The molecule has 15 heavy (non-hydrogen) atoms. The maximum Gasteiger partial charge on any atom is 0.387 e. The Morgan fingerprint density at radius 3 is 2.80 bits per heavy atom. The predicted molar refractivity (Wildman–Crippen MR) is 51.9 cm³/mol. The summed E-state index contributed by atoms with van der Waals surface area (Å²) in [4.78, 5) is 4.61. The van der Waals surface area contributed by atoms with Crippen LogP contribution in [0.15, 0.2) is 18.2 Å². The smallest absolute Gasteiger partial charge is 0.387 e. The minimum Gasteiger partial charge on any atom is -0.434 e. The summed E-state index contributed by atoms with van der Waals surface area (Å²) >= 11 is 5.72. The molecule has 1 rings (SSSR count). The van der Waals surface area contributed by atoms with Gasteiger partial charge in [-0.25, -0.2) is 0 Å². The number of alkyl halides is 2. The maximum absolute atomic E-state index is 12.0. The van der Waals surface area contributed by atoms with E-state index in [9.17, 15) is 8.78 Å². The SMILES string of the molecule is CONCc1cc(Cl)ccc1OC(F)F. The fraction of sp³-hybridized carbons (Fsp3) is 0.333. The van der Waals surface area contributed by atoms with E-state index in [1.165, 1.54) is 25.3 Å². The lowest BCUT2D eigenvalue weighted by molar-refractivity contribution is -0.0508. The van der Waals surface area contributed by atoms with Gasteiger partial charge in [-0.1, -0.05) is 11.6 Å². The van der Waals surface area contributed by atoms with Crippen molar-refractivity contribution in [1.82, 2.24) is 5.48 Å². The molecule has 3 nitrogen and oxygen atoms in total. The Bertz CT molecular complexity index is 323. The fourth-order valence-corrected chi connectivity index (χ4v) is 1.24. The Labute approximate surface area is 90.9 Å². The van der Waals surface area contributed by atoms with Gasteiger partial charge in [-0.05, 0) is 18.2 Å². The van der Waals surface area contributed by atoms with E-state index in [1.807, 2.05) is 0 Å². The van der Waals surface area contributed by atoms with Gasteiger partial charge in [0, 0.05) is 17.1 Å². The molecule has 0 bridgehead atoms. The molecule has 84 valence electrons. The van der Waals surface area contributed by atoms with Crippen LogP contribution in [0.2, 0.25) is 5.02 Å². The van der Waals surface area contributed by atoms with Gasteiger partial charge in [0.15, 0.2) is 0 Å². The molecule has 0 spiro atoms. The summed E-state index contributed by atoms with van der Waals surface area (Å²) in [6, 6.07) is 4.40. The Hall–Kier alpha value is -0.910. The molecule has 1 aromatic rings. The summed E-state index contributed by atoms with van der Waals surface area (Å²) in [5, 5.41) is 0.449. The van der Waals surface area contributed by atoms with Crippen molar-refractivity contribution in [3.63, 3.8) is 0 Å². The van der Waals surface area contributed by atoms with Gasteiger partial charge in [0.05, 0.1) is 7.11 Å². The van der Waals surface area contributed by atoms with Crippen LogP contribution in [0, 0.1) is 0 Å². The minimum absolute atomic E-state index is 0.0824. The summed E-state index contributed by atoms with van der Waals surface area (Å²) in [5.74, 6) is 0.0824. The molecule has 6 heteroatoms. The van der Waals surface area contributed by atoms with Gasteiger partial charge in [0.25, 0.3) is 0 Å². The molecule has 1 aromatic carbocycles. The highest BCUT2D eigenvalue weighted by atomic mass is 35.5. The quantitative estimate of drug-likeness (QED) is 0.799. The van der Waals surface area contributed by atoms with Crippen LogP contribution in [0.5, 0.6) is 5.75 Å². The third-order valence-electron chi connectivity index (χ3n) is 1.65. The van der Waals surface area contributed by atoms with Crippen LogP contribution in [0.1, 0.15) is 5.56 Å². The van der Waals surface area contributed by atoms with Crippen LogP contribution < -0.4 is 10.2 Å². The van der Waals surface area contributed by atoms with E-state index in [4.69, 9.17) is 11.6 Å². The fourth-order valence-electron chi connectivity index (χ4n) is 1.05. The maximum atomic E-state index is 12.0. The zero-order valence-electron chi connectivity index (χ0n) is 7.97. The van der Waals surface area contributed by atoms with Gasteiger partial charge in [0.1, 0.15) is 5.75 Å². The first-order valence-corrected chi connectivity index (χ1v) is 4.50. The average molecular weight is 238 g/mol. The second-order valence-electron chi connectivity index (χ2n) is 2.66. The lowest BCUT2D eigenvalue weighted by Crippen LogP contribution is -2.13. The van der Waals surface area contributed by atoms with Crippen molar-refractivity contribution in [3.8, 4) is 5.75 Å². The Morgan fingerprint density at radius 2 is 2.20 bits per heavy atom. The standard InChI is InChI=1S/C9H10ClF2NO2/c1-14-13-5-6-4-7(10)2-3-8(6)15-9(11)12/h2-4,9,13H,5H2,1H3. The van der Waals surface area contributed by atoms with E-state index in [2.05, 4.69) is 15.1 Å². The molecular weight excluding hydrogens is 228 g/mol. The summed E-state index contributed by atoms with van der Waals surface area (Å²) in [6.45, 7) is -2.62. The van der Waals surface area contributed by atoms with Crippen LogP contribution >= 0.6 is 11.6 Å². The summed E-state index contributed by atoms with van der Waals surface area (Å²) in [7, 11) is 1.43. The number of halogens is 3. The van der Waals surface area contributed by atoms with Gasteiger partial charge in [0.2, 0.25) is 0 Å². The molecule has 0 unspecified atom stereocenters. The number of hydrogen-bond donors (Lipinski definition) is 1. The van der Waals surface area contributed by atoms with Crippen LogP contribution in [0.25, 0.3) is 0 Å². The molecule has 0 amide bonds. The molecule has 0 aliphatic rings. The molecule has 0 atom stereocenters. The Morgan fingerprint density at radius 1 is 1.47 bits per heavy atom. The Kier molecular flexibility index (Phi) is 4.74. The molecule has 0 heterocycles. The average Bonchev–Trinajstić information content (AvgIpc) is 2.18. The molecule has 0 radical (unpaired) electrons. The molecule has 0 aliphatic heterocycles. The molecule has 0 aliphatic carbocycles. The zero-order chi connectivity index (χ0) is 11.3. The van der Waals surface area contributed by atoms with E-state index in [1.54, 1.807) is 0 Å². The van der Waals surface area contributed by atoms with Crippen LogP contribution in [-0.4, -0.2) is 13.7 Å². The third kappa shape index (κ3) is 3.99. The first-order valence-electron chi connectivity index (χ1n) is 4.12. The van der Waals surface area contributed by atoms with E-state index in [0.717, 1.165) is 0 Å². The van der Waals surface area contributed by atoms with E-state index >= 15 is 0 Å². The van der Waals surface area contributed by atoms with E-state index in [-0.39, 0.29) is 12.3 Å².